The molecule has 0 unspecified atom stereocenters. The monoisotopic (exact) mass is 416 g/mol. The topological polar surface area (TPSA) is 51.7 Å². The van der Waals surface area contributed by atoms with Crippen molar-refractivity contribution in [1.82, 2.24) is 9.88 Å². The lowest BCUT2D eigenvalue weighted by molar-refractivity contribution is 0.0954. The standard InChI is InChI=1S/C25H21FN2O3/c1-16-24-19(14-28(15-30-24)10-8-17-4-6-20(26)7-5-17)12-21-23(29)22(31-25(16)21)11-18-3-2-9-27-13-18/h2-7,9,11-13H,8,10,14-15H2,1H3/b22-11-. The summed E-state index contributed by atoms with van der Waals surface area (Å²) in [5.74, 6) is 1.29. The van der Waals surface area contributed by atoms with E-state index in [4.69, 9.17) is 9.47 Å². The number of halogens is 1. The van der Waals surface area contributed by atoms with Gasteiger partial charge in [0.15, 0.2) is 5.76 Å². The minimum atomic E-state index is -0.229. The van der Waals surface area contributed by atoms with Gasteiger partial charge in [-0.05, 0) is 54.8 Å². The van der Waals surface area contributed by atoms with Crippen LogP contribution >= 0.6 is 0 Å². The van der Waals surface area contributed by atoms with Gasteiger partial charge in [-0.3, -0.25) is 14.7 Å². The van der Waals surface area contributed by atoms with E-state index in [1.807, 2.05) is 25.1 Å². The summed E-state index contributed by atoms with van der Waals surface area (Å²) in [5.41, 5.74) is 4.26. The molecule has 6 heteroatoms. The number of nitrogens with zero attached hydrogens (tertiary/aromatic N) is 2. The first-order valence-electron chi connectivity index (χ1n) is 10.2. The zero-order valence-corrected chi connectivity index (χ0v) is 17.1. The molecule has 3 aromatic rings. The van der Waals surface area contributed by atoms with Crippen LogP contribution < -0.4 is 9.47 Å². The third-order valence-electron chi connectivity index (χ3n) is 5.61. The fourth-order valence-electron chi connectivity index (χ4n) is 3.99. The second-order valence-electron chi connectivity index (χ2n) is 7.80. The van der Waals surface area contributed by atoms with Gasteiger partial charge in [-0.15, -0.1) is 0 Å². The highest BCUT2D eigenvalue weighted by Gasteiger charge is 2.33. The molecule has 2 aliphatic rings. The van der Waals surface area contributed by atoms with Crippen LogP contribution in [0.5, 0.6) is 11.5 Å². The molecule has 31 heavy (non-hydrogen) atoms. The number of allylic oxidation sites excluding steroid dienone is 1. The van der Waals surface area contributed by atoms with Crippen LogP contribution in [-0.4, -0.2) is 28.9 Å². The minimum absolute atomic E-state index is 0.131. The van der Waals surface area contributed by atoms with Crippen molar-refractivity contribution in [3.63, 3.8) is 0 Å². The number of pyridine rings is 1. The summed E-state index contributed by atoms with van der Waals surface area (Å²) in [4.78, 5) is 19.2. The normalized spacial score (nSPS) is 16.6. The van der Waals surface area contributed by atoms with Crippen molar-refractivity contribution in [1.29, 1.82) is 0 Å². The van der Waals surface area contributed by atoms with E-state index in [1.54, 1.807) is 30.6 Å². The molecule has 3 heterocycles. The number of fused-ring (bicyclic) bond motifs is 2. The smallest absolute Gasteiger partial charge is 0.231 e. The summed E-state index contributed by atoms with van der Waals surface area (Å²) < 4.78 is 25.1. The molecule has 1 aromatic heterocycles. The molecule has 0 radical (unpaired) electrons. The van der Waals surface area contributed by atoms with Crippen molar-refractivity contribution < 1.29 is 18.7 Å². The van der Waals surface area contributed by atoms with E-state index in [0.717, 1.165) is 41.0 Å². The first-order chi connectivity index (χ1) is 15.1. The molecule has 0 atom stereocenters. The first kappa shape index (κ1) is 19.5. The fraction of sp³-hybridized carbons (Fsp3) is 0.200. The van der Waals surface area contributed by atoms with Crippen LogP contribution in [-0.2, 0) is 13.0 Å². The Morgan fingerprint density at radius 2 is 2.03 bits per heavy atom. The molecule has 0 bridgehead atoms. The molecule has 0 fully saturated rings. The summed E-state index contributed by atoms with van der Waals surface area (Å²) in [6, 6.07) is 12.1. The molecule has 0 amide bonds. The van der Waals surface area contributed by atoms with Crippen LogP contribution in [0.4, 0.5) is 4.39 Å². The van der Waals surface area contributed by atoms with Crippen LogP contribution in [0.15, 0.2) is 60.6 Å². The first-order valence-corrected chi connectivity index (χ1v) is 10.2. The predicted octanol–water partition coefficient (Wildman–Crippen LogP) is 4.54. The summed E-state index contributed by atoms with van der Waals surface area (Å²) in [7, 11) is 0. The number of ketones is 1. The Labute approximate surface area is 179 Å². The Balaban J connectivity index is 1.35. The molecular formula is C25H21FN2O3. The number of Topliss-reactive ketones (excluding diaryl/α,β-unsaturated/α-hetero) is 1. The van der Waals surface area contributed by atoms with Gasteiger partial charge in [0.1, 0.15) is 24.0 Å². The third kappa shape index (κ3) is 3.82. The molecule has 0 aliphatic carbocycles. The quantitative estimate of drug-likeness (QED) is 0.585. The van der Waals surface area contributed by atoms with Gasteiger partial charge in [0.05, 0.1) is 5.56 Å². The van der Waals surface area contributed by atoms with Crippen LogP contribution in [0.3, 0.4) is 0 Å². The Morgan fingerprint density at radius 3 is 2.81 bits per heavy atom. The molecule has 0 N–H and O–H groups in total. The maximum absolute atomic E-state index is 13.1. The lowest BCUT2D eigenvalue weighted by Crippen LogP contribution is -2.34. The number of benzene rings is 2. The second kappa shape index (κ2) is 7.96. The van der Waals surface area contributed by atoms with E-state index < -0.39 is 0 Å². The van der Waals surface area contributed by atoms with Crippen molar-refractivity contribution in [3.8, 4) is 11.5 Å². The van der Waals surface area contributed by atoms with E-state index in [0.29, 0.717) is 30.3 Å². The Bertz CT molecular complexity index is 1170. The van der Waals surface area contributed by atoms with Crippen LogP contribution in [0, 0.1) is 12.7 Å². The number of carbonyl (C=O) groups excluding carboxylic acids is 1. The van der Waals surface area contributed by atoms with Gasteiger partial charge in [-0.25, -0.2) is 4.39 Å². The summed E-state index contributed by atoms with van der Waals surface area (Å²) in [6.07, 6.45) is 5.88. The molecule has 0 saturated heterocycles. The average molecular weight is 416 g/mol. The average Bonchev–Trinajstić information content (AvgIpc) is 3.10. The number of aromatic nitrogens is 1. The second-order valence-corrected chi connectivity index (χ2v) is 7.80. The van der Waals surface area contributed by atoms with Gasteiger partial charge < -0.3 is 9.47 Å². The molecule has 0 spiro atoms. The van der Waals surface area contributed by atoms with E-state index in [1.165, 1.54) is 12.1 Å². The van der Waals surface area contributed by atoms with Gasteiger partial charge in [0.25, 0.3) is 0 Å². The summed E-state index contributed by atoms with van der Waals surface area (Å²) in [6.45, 7) is 3.84. The van der Waals surface area contributed by atoms with Crippen molar-refractivity contribution in [2.24, 2.45) is 0 Å². The van der Waals surface area contributed by atoms with Crippen molar-refractivity contribution in [3.05, 3.63) is 94.3 Å². The Hall–Kier alpha value is -3.51. The van der Waals surface area contributed by atoms with E-state index >= 15 is 0 Å². The number of hydrogen-bond donors (Lipinski definition) is 0. The molecule has 156 valence electrons. The third-order valence-corrected chi connectivity index (χ3v) is 5.61. The van der Waals surface area contributed by atoms with E-state index in [-0.39, 0.29) is 11.6 Å². The molecular weight excluding hydrogens is 395 g/mol. The van der Waals surface area contributed by atoms with Gasteiger partial charge in [0.2, 0.25) is 5.78 Å². The van der Waals surface area contributed by atoms with Crippen LogP contribution in [0.25, 0.3) is 6.08 Å². The summed E-state index contributed by atoms with van der Waals surface area (Å²) >= 11 is 0. The molecule has 5 rings (SSSR count). The summed E-state index contributed by atoms with van der Waals surface area (Å²) in [5, 5.41) is 0. The predicted molar refractivity (Wildman–Crippen MR) is 114 cm³/mol. The Kier molecular flexibility index (Phi) is 5.00. The zero-order valence-electron chi connectivity index (χ0n) is 17.1. The largest absolute Gasteiger partial charge is 0.477 e. The molecule has 5 nitrogen and oxygen atoms in total. The van der Waals surface area contributed by atoms with Crippen molar-refractivity contribution in [2.75, 3.05) is 13.3 Å². The van der Waals surface area contributed by atoms with Gasteiger partial charge >= 0.3 is 0 Å². The van der Waals surface area contributed by atoms with E-state index in [9.17, 15) is 9.18 Å². The molecule has 0 saturated carbocycles. The van der Waals surface area contributed by atoms with Crippen molar-refractivity contribution >= 4 is 11.9 Å². The lowest BCUT2D eigenvalue weighted by Gasteiger charge is -2.30. The number of rotatable bonds is 4. The molecule has 2 aromatic carbocycles. The molecule has 2 aliphatic heterocycles. The number of carbonyl (C=O) groups is 1. The number of hydrogen-bond acceptors (Lipinski definition) is 5. The van der Waals surface area contributed by atoms with Crippen LogP contribution in [0.2, 0.25) is 0 Å². The van der Waals surface area contributed by atoms with Crippen molar-refractivity contribution in [2.45, 2.75) is 19.9 Å². The number of ether oxygens (including phenoxy) is 2. The SMILES string of the molecule is Cc1c2c(cc3c1O/C(=C\c1cccnc1)C3=O)CN(CCc1ccc(F)cc1)CO2. The lowest BCUT2D eigenvalue weighted by atomic mass is 10.00. The Morgan fingerprint density at radius 1 is 1.19 bits per heavy atom. The highest BCUT2D eigenvalue weighted by atomic mass is 19.1. The fourth-order valence-corrected chi connectivity index (χ4v) is 3.99. The van der Waals surface area contributed by atoms with Crippen LogP contribution in [0.1, 0.15) is 32.6 Å². The highest BCUT2D eigenvalue weighted by molar-refractivity contribution is 6.15. The van der Waals surface area contributed by atoms with E-state index in [2.05, 4.69) is 9.88 Å². The van der Waals surface area contributed by atoms with Gasteiger partial charge in [-0.2, -0.15) is 0 Å². The highest BCUT2D eigenvalue weighted by Crippen LogP contribution is 2.43. The maximum Gasteiger partial charge on any atom is 0.231 e. The minimum Gasteiger partial charge on any atom is -0.477 e. The zero-order chi connectivity index (χ0) is 21.4. The maximum atomic E-state index is 13.1. The van der Waals surface area contributed by atoms with Gasteiger partial charge in [-0.1, -0.05) is 18.2 Å². The van der Waals surface area contributed by atoms with Gasteiger partial charge in [0, 0.05) is 36.6 Å².